The van der Waals surface area contributed by atoms with E-state index >= 15 is 0 Å². The van der Waals surface area contributed by atoms with Gasteiger partial charge in [-0.1, -0.05) is 48.5 Å². The maximum absolute atomic E-state index is 12.7. The van der Waals surface area contributed by atoms with Crippen LogP contribution in [0.15, 0.2) is 53.9 Å². The van der Waals surface area contributed by atoms with E-state index in [0.717, 1.165) is 11.4 Å². The molecule has 1 unspecified atom stereocenters. The largest absolute Gasteiger partial charge is 0.476 e. The van der Waals surface area contributed by atoms with E-state index in [9.17, 15) is 9.59 Å². The number of fused-ring (bicyclic) bond motifs is 3. The number of carbonyl (C=O) groups is 2. The molecule has 1 atom stereocenters. The standard InChI is InChI=1S/C23H20N2O4S/c26-22(27)20-13-30-21(24-20)14-9-10-25(11-14)23(28)29-12-19-17-7-3-1-5-15(17)16-6-2-4-8-18(16)19/h1-8,13-14,19H,9-12H2,(H,26,27). The molecule has 7 heteroatoms. The highest BCUT2D eigenvalue weighted by Crippen LogP contribution is 2.44. The van der Waals surface area contributed by atoms with Crippen molar-refractivity contribution in [1.29, 1.82) is 0 Å². The summed E-state index contributed by atoms with van der Waals surface area (Å²) in [6.45, 7) is 1.39. The third-order valence-electron chi connectivity index (χ3n) is 5.87. The zero-order valence-corrected chi connectivity index (χ0v) is 17.0. The molecular formula is C23H20N2O4S. The Bertz CT molecular complexity index is 1080. The molecule has 30 heavy (non-hydrogen) atoms. The fourth-order valence-electron chi connectivity index (χ4n) is 4.39. The van der Waals surface area contributed by atoms with Gasteiger partial charge in [-0.2, -0.15) is 0 Å². The summed E-state index contributed by atoms with van der Waals surface area (Å²) < 4.78 is 5.73. The van der Waals surface area contributed by atoms with E-state index in [1.54, 1.807) is 10.3 Å². The molecule has 1 saturated heterocycles. The predicted molar refractivity (Wildman–Crippen MR) is 113 cm³/mol. The van der Waals surface area contributed by atoms with Crippen molar-refractivity contribution >= 4 is 23.4 Å². The number of carboxylic acid groups (broad SMARTS) is 1. The van der Waals surface area contributed by atoms with Crippen LogP contribution in [0, 0.1) is 0 Å². The van der Waals surface area contributed by atoms with Crippen molar-refractivity contribution < 1.29 is 19.4 Å². The molecule has 0 saturated carbocycles. The lowest BCUT2D eigenvalue weighted by Gasteiger charge is -2.19. The Morgan fingerprint density at radius 2 is 1.77 bits per heavy atom. The number of nitrogens with zero attached hydrogens (tertiary/aromatic N) is 2. The summed E-state index contributed by atoms with van der Waals surface area (Å²) in [6.07, 6.45) is 0.436. The molecule has 2 heterocycles. The number of hydrogen-bond donors (Lipinski definition) is 1. The maximum Gasteiger partial charge on any atom is 0.409 e. The minimum absolute atomic E-state index is 0.0387. The van der Waals surface area contributed by atoms with Crippen molar-refractivity contribution in [3.8, 4) is 11.1 Å². The molecule has 2 aromatic carbocycles. The third kappa shape index (κ3) is 3.25. The average molecular weight is 420 g/mol. The Morgan fingerprint density at radius 3 is 2.40 bits per heavy atom. The quantitative estimate of drug-likeness (QED) is 0.668. The summed E-state index contributed by atoms with van der Waals surface area (Å²) in [5, 5.41) is 11.4. The lowest BCUT2D eigenvalue weighted by atomic mass is 9.98. The van der Waals surface area contributed by atoms with Gasteiger partial charge in [-0.25, -0.2) is 14.6 Å². The summed E-state index contributed by atoms with van der Waals surface area (Å²) >= 11 is 1.34. The molecule has 3 aromatic rings. The van der Waals surface area contributed by atoms with E-state index in [-0.39, 0.29) is 23.6 Å². The molecule has 1 aliphatic heterocycles. The summed E-state index contributed by atoms with van der Waals surface area (Å²) in [4.78, 5) is 29.6. The Hall–Kier alpha value is -3.19. The molecule has 5 rings (SSSR count). The summed E-state index contributed by atoms with van der Waals surface area (Å²) in [7, 11) is 0. The van der Waals surface area contributed by atoms with Crippen LogP contribution in [0.25, 0.3) is 11.1 Å². The predicted octanol–water partition coefficient (Wildman–Crippen LogP) is 4.58. The third-order valence-corrected chi connectivity index (χ3v) is 6.88. The number of ether oxygens (including phenoxy) is 1. The molecule has 0 spiro atoms. The van der Waals surface area contributed by atoms with Gasteiger partial charge in [0.25, 0.3) is 0 Å². The number of hydrogen-bond acceptors (Lipinski definition) is 5. The number of aromatic nitrogens is 1. The number of carboxylic acids is 1. The lowest BCUT2D eigenvalue weighted by molar-refractivity contribution is 0.0690. The summed E-state index contributed by atoms with van der Waals surface area (Å²) in [5.74, 6) is -0.927. The molecule has 1 aliphatic carbocycles. The van der Waals surface area contributed by atoms with Gasteiger partial charge in [0.2, 0.25) is 0 Å². The van der Waals surface area contributed by atoms with Crippen molar-refractivity contribution in [3.05, 3.63) is 75.7 Å². The smallest absolute Gasteiger partial charge is 0.409 e. The highest BCUT2D eigenvalue weighted by atomic mass is 32.1. The van der Waals surface area contributed by atoms with Crippen molar-refractivity contribution in [2.24, 2.45) is 0 Å². The highest BCUT2D eigenvalue weighted by molar-refractivity contribution is 7.09. The van der Waals surface area contributed by atoms with Crippen LogP contribution in [0.3, 0.4) is 0 Å². The summed E-state index contributed by atoms with van der Waals surface area (Å²) in [5.41, 5.74) is 4.85. The number of thiazole rings is 1. The van der Waals surface area contributed by atoms with Crippen LogP contribution >= 0.6 is 11.3 Å². The Kier molecular flexibility index (Phi) is 4.75. The lowest BCUT2D eigenvalue weighted by Crippen LogP contribution is -2.30. The number of aromatic carboxylic acids is 1. The molecule has 1 amide bonds. The minimum Gasteiger partial charge on any atom is -0.476 e. The number of carbonyl (C=O) groups excluding carboxylic acids is 1. The Labute approximate surface area is 177 Å². The first kappa shape index (κ1) is 18.8. The van der Waals surface area contributed by atoms with Crippen molar-refractivity contribution in [2.75, 3.05) is 19.7 Å². The second-order valence-electron chi connectivity index (χ2n) is 7.61. The number of amides is 1. The van der Waals surface area contributed by atoms with E-state index in [1.807, 2.05) is 24.3 Å². The average Bonchev–Trinajstić information content (AvgIpc) is 3.49. The monoisotopic (exact) mass is 420 g/mol. The van der Waals surface area contributed by atoms with E-state index in [4.69, 9.17) is 9.84 Å². The van der Waals surface area contributed by atoms with Gasteiger partial charge in [-0.3, -0.25) is 0 Å². The molecule has 6 nitrogen and oxygen atoms in total. The van der Waals surface area contributed by atoms with E-state index < -0.39 is 5.97 Å². The number of likely N-dealkylation sites (tertiary alicyclic amines) is 1. The van der Waals surface area contributed by atoms with Crippen LogP contribution in [0.5, 0.6) is 0 Å². The van der Waals surface area contributed by atoms with Gasteiger partial charge in [-0.05, 0) is 28.7 Å². The highest BCUT2D eigenvalue weighted by Gasteiger charge is 2.33. The van der Waals surface area contributed by atoms with Gasteiger partial charge in [-0.15, -0.1) is 11.3 Å². The second-order valence-corrected chi connectivity index (χ2v) is 8.50. The molecule has 1 aromatic heterocycles. The zero-order valence-electron chi connectivity index (χ0n) is 16.2. The molecular weight excluding hydrogens is 400 g/mol. The summed E-state index contributed by atoms with van der Waals surface area (Å²) in [6, 6.07) is 16.5. The molecule has 1 fully saturated rings. The van der Waals surface area contributed by atoms with Crippen molar-refractivity contribution in [3.63, 3.8) is 0 Å². The topological polar surface area (TPSA) is 79.7 Å². The Balaban J connectivity index is 1.25. The normalized spacial score (nSPS) is 17.6. The minimum atomic E-state index is -1.02. The fraction of sp³-hybridized carbons (Fsp3) is 0.261. The van der Waals surface area contributed by atoms with Gasteiger partial charge >= 0.3 is 12.1 Å². The van der Waals surface area contributed by atoms with Crippen LogP contribution in [0.4, 0.5) is 4.79 Å². The number of rotatable bonds is 4. The van der Waals surface area contributed by atoms with Gasteiger partial charge in [0, 0.05) is 30.3 Å². The fourth-order valence-corrected chi connectivity index (χ4v) is 5.31. The number of benzene rings is 2. The van der Waals surface area contributed by atoms with Gasteiger partial charge in [0.1, 0.15) is 6.61 Å². The molecule has 0 radical (unpaired) electrons. The van der Waals surface area contributed by atoms with E-state index in [2.05, 4.69) is 29.2 Å². The Morgan fingerprint density at radius 1 is 1.10 bits per heavy atom. The van der Waals surface area contributed by atoms with Crippen LogP contribution in [0.1, 0.15) is 44.9 Å². The second kappa shape index (κ2) is 7.57. The SMILES string of the molecule is O=C(O)c1csc(C2CCN(C(=O)OCC3c4ccccc4-c4ccccc43)C2)n1. The molecule has 1 N–H and O–H groups in total. The molecule has 2 aliphatic rings. The maximum atomic E-state index is 12.7. The van der Waals surface area contributed by atoms with Crippen molar-refractivity contribution in [2.45, 2.75) is 18.3 Å². The first-order chi connectivity index (χ1) is 14.6. The van der Waals surface area contributed by atoms with Crippen LogP contribution in [0.2, 0.25) is 0 Å². The van der Waals surface area contributed by atoms with Crippen molar-refractivity contribution in [1.82, 2.24) is 9.88 Å². The molecule has 152 valence electrons. The van der Waals surface area contributed by atoms with Crippen LogP contribution < -0.4 is 0 Å². The van der Waals surface area contributed by atoms with Gasteiger partial charge < -0.3 is 14.7 Å². The van der Waals surface area contributed by atoms with E-state index in [0.29, 0.717) is 19.7 Å². The van der Waals surface area contributed by atoms with Crippen LogP contribution in [-0.4, -0.2) is 46.7 Å². The zero-order chi connectivity index (χ0) is 20.7. The van der Waals surface area contributed by atoms with Gasteiger partial charge in [0.05, 0.1) is 5.01 Å². The first-order valence-electron chi connectivity index (χ1n) is 9.90. The molecule has 0 bridgehead atoms. The van der Waals surface area contributed by atoms with E-state index in [1.165, 1.54) is 33.6 Å². The van der Waals surface area contributed by atoms with Gasteiger partial charge in [0.15, 0.2) is 5.69 Å². The first-order valence-corrected chi connectivity index (χ1v) is 10.8. The van der Waals surface area contributed by atoms with Crippen LogP contribution in [-0.2, 0) is 4.74 Å².